The predicted molar refractivity (Wildman–Crippen MR) is 93.2 cm³/mol. The number of hydrogen-bond acceptors (Lipinski definition) is 4. The molecule has 23 heavy (non-hydrogen) atoms. The van der Waals surface area contributed by atoms with Crippen LogP contribution in [0.1, 0.15) is 37.7 Å². The van der Waals surface area contributed by atoms with Crippen LogP contribution in [0, 0.1) is 0 Å². The number of rotatable bonds is 7. The van der Waals surface area contributed by atoms with Gasteiger partial charge in [-0.15, -0.1) is 0 Å². The summed E-state index contributed by atoms with van der Waals surface area (Å²) in [5, 5.41) is 6.16. The van der Waals surface area contributed by atoms with Crippen LogP contribution in [0.5, 0.6) is 5.75 Å². The molecule has 1 aromatic carbocycles. The van der Waals surface area contributed by atoms with Crippen molar-refractivity contribution in [2.75, 3.05) is 17.2 Å². The lowest BCUT2D eigenvalue weighted by Crippen LogP contribution is -2.16. The Morgan fingerprint density at radius 3 is 2.65 bits per heavy atom. The molecule has 0 aliphatic heterocycles. The van der Waals surface area contributed by atoms with E-state index in [1.165, 1.54) is 0 Å². The second-order valence-corrected chi connectivity index (χ2v) is 5.27. The van der Waals surface area contributed by atoms with Crippen LogP contribution in [0.2, 0.25) is 0 Å². The van der Waals surface area contributed by atoms with Crippen LogP contribution in [-0.2, 0) is 0 Å². The third-order valence-electron chi connectivity index (χ3n) is 3.46. The van der Waals surface area contributed by atoms with E-state index in [4.69, 9.17) is 4.74 Å². The minimum atomic E-state index is -0.257. The molecular formula is C18H23N3O2. The molecule has 0 radical (unpaired) electrons. The molecule has 5 nitrogen and oxygen atoms in total. The van der Waals surface area contributed by atoms with Crippen LogP contribution < -0.4 is 15.4 Å². The summed E-state index contributed by atoms with van der Waals surface area (Å²) in [4.78, 5) is 16.5. The molecule has 0 saturated heterocycles. The number of hydrogen-bond donors (Lipinski definition) is 2. The molecule has 0 bridgehead atoms. The van der Waals surface area contributed by atoms with Crippen LogP contribution in [0.15, 0.2) is 42.6 Å². The second kappa shape index (κ2) is 8.17. The minimum absolute atomic E-state index is 0.257. The van der Waals surface area contributed by atoms with E-state index < -0.39 is 0 Å². The van der Waals surface area contributed by atoms with Gasteiger partial charge in [-0.2, -0.15) is 0 Å². The fourth-order valence-corrected chi connectivity index (χ4v) is 2.04. The first-order chi connectivity index (χ1) is 11.1. The van der Waals surface area contributed by atoms with Gasteiger partial charge in [-0.3, -0.25) is 4.79 Å². The molecule has 1 amide bonds. The van der Waals surface area contributed by atoms with Crippen molar-refractivity contribution < 1.29 is 9.53 Å². The number of anilines is 2. The Bertz CT molecular complexity index is 641. The number of nitrogens with one attached hydrogen (secondary N) is 2. The number of carbonyl (C=O) groups excluding carboxylic acids is 1. The van der Waals surface area contributed by atoms with Gasteiger partial charge in [-0.1, -0.05) is 19.1 Å². The molecule has 1 unspecified atom stereocenters. The van der Waals surface area contributed by atoms with E-state index in [9.17, 15) is 4.79 Å². The molecule has 1 aromatic heterocycles. The van der Waals surface area contributed by atoms with Gasteiger partial charge >= 0.3 is 0 Å². The van der Waals surface area contributed by atoms with Gasteiger partial charge < -0.3 is 15.4 Å². The van der Waals surface area contributed by atoms with Crippen molar-refractivity contribution in [1.29, 1.82) is 0 Å². The van der Waals surface area contributed by atoms with Crippen molar-refractivity contribution in [1.82, 2.24) is 4.98 Å². The third-order valence-corrected chi connectivity index (χ3v) is 3.46. The number of benzene rings is 1. The van der Waals surface area contributed by atoms with Gasteiger partial charge in [-0.05, 0) is 44.5 Å². The third kappa shape index (κ3) is 4.71. The fourth-order valence-electron chi connectivity index (χ4n) is 2.04. The quantitative estimate of drug-likeness (QED) is 0.812. The summed E-state index contributed by atoms with van der Waals surface area (Å²) in [7, 11) is 0. The van der Waals surface area contributed by atoms with Crippen molar-refractivity contribution in [2.45, 2.75) is 33.2 Å². The van der Waals surface area contributed by atoms with Gasteiger partial charge in [0.1, 0.15) is 11.4 Å². The minimum Gasteiger partial charge on any atom is -0.492 e. The van der Waals surface area contributed by atoms with Gasteiger partial charge in [0.15, 0.2) is 0 Å². The number of para-hydroxylation sites is 2. The zero-order valence-corrected chi connectivity index (χ0v) is 13.8. The Labute approximate surface area is 137 Å². The Kier molecular flexibility index (Phi) is 5.97. The first-order valence-corrected chi connectivity index (χ1v) is 7.89. The van der Waals surface area contributed by atoms with Crippen LogP contribution in [0.4, 0.5) is 11.4 Å². The maximum atomic E-state index is 12.3. The highest BCUT2D eigenvalue weighted by atomic mass is 16.5. The zero-order valence-electron chi connectivity index (χ0n) is 13.8. The summed E-state index contributed by atoms with van der Waals surface area (Å²) in [5.74, 6) is 0.394. The molecule has 5 heteroatoms. The van der Waals surface area contributed by atoms with Crippen molar-refractivity contribution in [3.05, 3.63) is 48.3 Å². The number of aromatic nitrogens is 1. The van der Waals surface area contributed by atoms with E-state index in [0.717, 1.165) is 12.1 Å². The average Bonchev–Trinajstić information content (AvgIpc) is 2.57. The lowest BCUT2D eigenvalue weighted by atomic mass is 10.2. The average molecular weight is 313 g/mol. The Morgan fingerprint density at radius 2 is 2.00 bits per heavy atom. The summed E-state index contributed by atoms with van der Waals surface area (Å²) in [6.07, 6.45) is 2.70. The van der Waals surface area contributed by atoms with Gasteiger partial charge in [-0.25, -0.2) is 4.98 Å². The second-order valence-electron chi connectivity index (χ2n) is 5.27. The van der Waals surface area contributed by atoms with Crippen molar-refractivity contribution in [2.24, 2.45) is 0 Å². The van der Waals surface area contributed by atoms with E-state index in [0.29, 0.717) is 29.8 Å². The summed E-state index contributed by atoms with van der Waals surface area (Å²) in [5.41, 5.74) is 1.92. The summed E-state index contributed by atoms with van der Waals surface area (Å²) >= 11 is 0. The lowest BCUT2D eigenvalue weighted by Gasteiger charge is -2.13. The highest BCUT2D eigenvalue weighted by molar-refractivity contribution is 6.03. The lowest BCUT2D eigenvalue weighted by molar-refractivity contribution is 0.102. The highest BCUT2D eigenvalue weighted by Crippen LogP contribution is 2.24. The fraction of sp³-hybridized carbons (Fsp3) is 0.333. The number of amides is 1. The topological polar surface area (TPSA) is 63.2 Å². The van der Waals surface area contributed by atoms with Crippen molar-refractivity contribution in [3.8, 4) is 5.75 Å². The maximum absolute atomic E-state index is 12.3. The van der Waals surface area contributed by atoms with Gasteiger partial charge in [0.05, 0.1) is 24.2 Å². The van der Waals surface area contributed by atoms with Crippen molar-refractivity contribution in [3.63, 3.8) is 0 Å². The monoisotopic (exact) mass is 313 g/mol. The number of pyridine rings is 1. The Balaban J connectivity index is 2.06. The molecule has 0 aliphatic rings. The van der Waals surface area contributed by atoms with Gasteiger partial charge in [0.2, 0.25) is 0 Å². The zero-order chi connectivity index (χ0) is 16.7. The normalized spacial score (nSPS) is 11.6. The highest BCUT2D eigenvalue weighted by Gasteiger charge is 2.11. The van der Waals surface area contributed by atoms with E-state index in [1.54, 1.807) is 12.3 Å². The smallest absolute Gasteiger partial charge is 0.274 e. The molecular weight excluding hydrogens is 290 g/mol. The summed E-state index contributed by atoms with van der Waals surface area (Å²) in [6.45, 7) is 6.66. The van der Waals surface area contributed by atoms with E-state index in [-0.39, 0.29) is 5.91 Å². The molecule has 0 aliphatic carbocycles. The molecule has 1 heterocycles. The molecule has 0 spiro atoms. The van der Waals surface area contributed by atoms with E-state index in [1.807, 2.05) is 37.3 Å². The number of ether oxygens (including phenoxy) is 1. The first-order valence-electron chi connectivity index (χ1n) is 7.89. The Morgan fingerprint density at radius 1 is 1.22 bits per heavy atom. The molecule has 1 atom stereocenters. The molecule has 2 rings (SSSR count). The van der Waals surface area contributed by atoms with Crippen LogP contribution in [-0.4, -0.2) is 23.5 Å². The predicted octanol–water partition coefficient (Wildman–Crippen LogP) is 3.94. The summed E-state index contributed by atoms with van der Waals surface area (Å²) < 4.78 is 5.50. The van der Waals surface area contributed by atoms with E-state index >= 15 is 0 Å². The SMILES string of the molecule is CCOc1ccccc1NC(=O)c1ccc(NC(C)CC)cn1. The maximum Gasteiger partial charge on any atom is 0.274 e. The van der Waals surface area contributed by atoms with Crippen molar-refractivity contribution >= 4 is 17.3 Å². The molecule has 2 N–H and O–H groups in total. The van der Waals surface area contributed by atoms with Crippen LogP contribution in [0.25, 0.3) is 0 Å². The van der Waals surface area contributed by atoms with Gasteiger partial charge in [0, 0.05) is 6.04 Å². The Hall–Kier alpha value is -2.56. The van der Waals surface area contributed by atoms with Gasteiger partial charge in [0.25, 0.3) is 5.91 Å². The number of nitrogens with zero attached hydrogens (tertiary/aromatic N) is 1. The first kappa shape index (κ1) is 16.8. The van der Waals surface area contributed by atoms with E-state index in [2.05, 4.69) is 29.5 Å². The molecule has 0 saturated carbocycles. The molecule has 122 valence electrons. The standard InChI is InChI=1S/C18H23N3O2/c1-4-13(3)20-14-10-11-16(19-12-14)18(22)21-15-8-6-7-9-17(15)23-5-2/h6-13,20H,4-5H2,1-3H3,(H,21,22). The molecule has 0 fully saturated rings. The van der Waals surface area contributed by atoms with Crippen LogP contribution >= 0.6 is 0 Å². The molecule has 2 aromatic rings. The summed E-state index contributed by atoms with van der Waals surface area (Å²) in [6, 6.07) is 11.3. The van der Waals surface area contributed by atoms with Crippen LogP contribution in [0.3, 0.4) is 0 Å². The largest absolute Gasteiger partial charge is 0.492 e. The number of carbonyl (C=O) groups is 1.